The van der Waals surface area contributed by atoms with Gasteiger partial charge in [0.1, 0.15) is 0 Å². The first-order valence-electron chi connectivity index (χ1n) is 8.46. The lowest BCUT2D eigenvalue weighted by Crippen LogP contribution is -2.38. The Bertz CT molecular complexity index is 647. The van der Waals surface area contributed by atoms with E-state index in [1.54, 1.807) is 11.3 Å². The quantitative estimate of drug-likeness (QED) is 0.811. The molecule has 0 spiro atoms. The highest BCUT2D eigenvalue weighted by atomic mass is 32.1. The highest BCUT2D eigenvalue weighted by molar-refractivity contribution is 7.09. The molecule has 1 amide bonds. The number of carbonyl (C=O) groups excluding carboxylic acids is 1. The van der Waals surface area contributed by atoms with Crippen molar-refractivity contribution in [2.24, 2.45) is 0 Å². The van der Waals surface area contributed by atoms with Crippen molar-refractivity contribution in [2.75, 3.05) is 6.54 Å². The lowest BCUT2D eigenvalue weighted by molar-refractivity contribution is -0.132. The Morgan fingerprint density at radius 2 is 2.30 bits per heavy atom. The largest absolute Gasteiger partial charge is 0.338 e. The topological polar surface area (TPSA) is 38.1 Å². The average Bonchev–Trinajstić information content (AvgIpc) is 3.22. The SMILES string of the molecule is Cc1cc(C)n(C[C@@H]2CCCN2C(=O)CCCc2cccs2)n1. The molecular weight excluding hydrogens is 306 g/mol. The third kappa shape index (κ3) is 4.02. The van der Waals surface area contributed by atoms with Crippen molar-refractivity contribution in [2.45, 2.75) is 58.5 Å². The molecule has 4 nitrogen and oxygen atoms in total. The van der Waals surface area contributed by atoms with Crippen LogP contribution in [0.15, 0.2) is 23.6 Å². The summed E-state index contributed by atoms with van der Waals surface area (Å²) in [7, 11) is 0. The van der Waals surface area contributed by atoms with Crippen LogP contribution >= 0.6 is 11.3 Å². The van der Waals surface area contributed by atoms with Crippen LogP contribution < -0.4 is 0 Å². The summed E-state index contributed by atoms with van der Waals surface area (Å²) in [5.41, 5.74) is 2.23. The van der Waals surface area contributed by atoms with Gasteiger partial charge in [-0.25, -0.2) is 0 Å². The summed E-state index contributed by atoms with van der Waals surface area (Å²) in [6.07, 6.45) is 4.82. The lowest BCUT2D eigenvalue weighted by atomic mass is 10.1. The Kier molecular flexibility index (Phi) is 5.16. The van der Waals surface area contributed by atoms with Gasteiger partial charge in [0.05, 0.1) is 18.3 Å². The molecule has 1 aliphatic rings. The van der Waals surface area contributed by atoms with Crippen LogP contribution in [0, 0.1) is 13.8 Å². The molecule has 0 N–H and O–H groups in total. The molecule has 0 bridgehead atoms. The Labute approximate surface area is 142 Å². The number of rotatable bonds is 6. The number of hydrogen-bond donors (Lipinski definition) is 0. The van der Waals surface area contributed by atoms with Crippen LogP contribution in [0.25, 0.3) is 0 Å². The summed E-state index contributed by atoms with van der Waals surface area (Å²) in [5, 5.41) is 6.64. The van der Waals surface area contributed by atoms with Gasteiger partial charge in [0, 0.05) is 23.5 Å². The summed E-state index contributed by atoms with van der Waals surface area (Å²) in [5.74, 6) is 0.311. The molecule has 0 saturated carbocycles. The fourth-order valence-corrected chi connectivity index (χ4v) is 4.18. The van der Waals surface area contributed by atoms with Crippen LogP contribution in [-0.2, 0) is 17.8 Å². The molecule has 1 saturated heterocycles. The predicted octanol–water partition coefficient (Wildman–Crippen LogP) is 3.58. The molecule has 0 unspecified atom stereocenters. The van der Waals surface area contributed by atoms with Crippen LogP contribution in [0.5, 0.6) is 0 Å². The second kappa shape index (κ2) is 7.30. The molecule has 5 heteroatoms. The van der Waals surface area contributed by atoms with E-state index in [0.717, 1.165) is 44.5 Å². The molecule has 2 aromatic rings. The molecule has 2 aromatic heterocycles. The highest BCUT2D eigenvalue weighted by Crippen LogP contribution is 2.21. The number of likely N-dealkylation sites (tertiary alicyclic amines) is 1. The van der Waals surface area contributed by atoms with E-state index in [0.29, 0.717) is 18.4 Å². The standard InChI is InChI=1S/C18H25N3OS/c1-14-12-15(2)21(19-14)13-16-6-4-10-20(16)18(22)9-3-7-17-8-5-11-23-17/h5,8,11-12,16H,3-4,6-7,9-10,13H2,1-2H3/t16-/m0/s1. The molecule has 0 aromatic carbocycles. The maximum Gasteiger partial charge on any atom is 0.222 e. The van der Waals surface area contributed by atoms with Gasteiger partial charge in [-0.1, -0.05) is 6.07 Å². The third-order valence-corrected chi connectivity index (χ3v) is 5.51. The summed E-state index contributed by atoms with van der Waals surface area (Å²) < 4.78 is 2.05. The summed E-state index contributed by atoms with van der Waals surface area (Å²) in [4.78, 5) is 16.0. The number of aromatic nitrogens is 2. The molecule has 0 radical (unpaired) electrons. The van der Waals surface area contributed by atoms with Crippen LogP contribution in [0.1, 0.15) is 41.9 Å². The number of carbonyl (C=O) groups is 1. The Morgan fingerprint density at radius 1 is 1.43 bits per heavy atom. The minimum absolute atomic E-state index is 0.308. The highest BCUT2D eigenvalue weighted by Gasteiger charge is 2.29. The number of aryl methyl sites for hydroxylation is 3. The molecule has 3 rings (SSSR count). The van der Waals surface area contributed by atoms with Crippen LogP contribution in [0.4, 0.5) is 0 Å². The molecule has 124 valence electrons. The Hall–Kier alpha value is -1.62. The van der Waals surface area contributed by atoms with E-state index in [-0.39, 0.29) is 0 Å². The van der Waals surface area contributed by atoms with E-state index in [1.165, 1.54) is 10.6 Å². The zero-order valence-electron chi connectivity index (χ0n) is 14.0. The predicted molar refractivity (Wildman–Crippen MR) is 93.7 cm³/mol. The van der Waals surface area contributed by atoms with E-state index >= 15 is 0 Å². The first kappa shape index (κ1) is 16.2. The van der Waals surface area contributed by atoms with Crippen molar-refractivity contribution in [3.8, 4) is 0 Å². The number of amides is 1. The van der Waals surface area contributed by atoms with E-state index in [4.69, 9.17) is 0 Å². The van der Waals surface area contributed by atoms with Gasteiger partial charge >= 0.3 is 0 Å². The van der Waals surface area contributed by atoms with Crippen molar-refractivity contribution >= 4 is 17.2 Å². The lowest BCUT2D eigenvalue weighted by Gasteiger charge is -2.25. The summed E-state index contributed by atoms with van der Waals surface area (Å²) in [6.45, 7) is 5.84. The van der Waals surface area contributed by atoms with E-state index in [2.05, 4.69) is 45.2 Å². The number of hydrogen-bond acceptors (Lipinski definition) is 3. The number of thiophene rings is 1. The van der Waals surface area contributed by atoms with Gasteiger partial charge in [0.2, 0.25) is 5.91 Å². The fraction of sp³-hybridized carbons (Fsp3) is 0.556. The Morgan fingerprint density at radius 3 is 3.00 bits per heavy atom. The maximum absolute atomic E-state index is 12.6. The van der Waals surface area contributed by atoms with E-state index < -0.39 is 0 Å². The molecule has 1 fully saturated rings. The average molecular weight is 331 g/mol. The van der Waals surface area contributed by atoms with Crippen LogP contribution in [0.3, 0.4) is 0 Å². The molecule has 3 heterocycles. The molecule has 1 aliphatic heterocycles. The summed E-state index contributed by atoms with van der Waals surface area (Å²) >= 11 is 1.78. The molecule has 23 heavy (non-hydrogen) atoms. The fourth-order valence-electron chi connectivity index (χ4n) is 3.43. The normalized spacial score (nSPS) is 17.8. The first-order chi connectivity index (χ1) is 11.1. The minimum atomic E-state index is 0.308. The Balaban J connectivity index is 1.53. The zero-order chi connectivity index (χ0) is 16.2. The van der Waals surface area contributed by atoms with Crippen molar-refractivity contribution < 1.29 is 4.79 Å². The number of nitrogens with zero attached hydrogens (tertiary/aromatic N) is 3. The van der Waals surface area contributed by atoms with Crippen molar-refractivity contribution in [3.05, 3.63) is 39.8 Å². The van der Waals surface area contributed by atoms with Gasteiger partial charge < -0.3 is 4.90 Å². The second-order valence-electron chi connectivity index (χ2n) is 6.43. The van der Waals surface area contributed by atoms with E-state index in [1.807, 2.05) is 6.92 Å². The van der Waals surface area contributed by atoms with Gasteiger partial charge in [-0.2, -0.15) is 5.10 Å². The third-order valence-electron chi connectivity index (χ3n) is 4.58. The molecule has 1 atom stereocenters. The van der Waals surface area contributed by atoms with Gasteiger partial charge in [0.15, 0.2) is 0 Å². The second-order valence-corrected chi connectivity index (χ2v) is 7.46. The van der Waals surface area contributed by atoms with Crippen molar-refractivity contribution in [1.82, 2.24) is 14.7 Å². The van der Waals surface area contributed by atoms with Gasteiger partial charge in [-0.05, 0) is 57.0 Å². The van der Waals surface area contributed by atoms with Crippen molar-refractivity contribution in [3.63, 3.8) is 0 Å². The maximum atomic E-state index is 12.6. The summed E-state index contributed by atoms with van der Waals surface area (Å²) in [6, 6.07) is 6.63. The zero-order valence-corrected chi connectivity index (χ0v) is 14.8. The first-order valence-corrected chi connectivity index (χ1v) is 9.34. The van der Waals surface area contributed by atoms with Crippen molar-refractivity contribution in [1.29, 1.82) is 0 Å². The van der Waals surface area contributed by atoms with Gasteiger partial charge in [-0.15, -0.1) is 11.3 Å². The smallest absolute Gasteiger partial charge is 0.222 e. The molecule has 0 aliphatic carbocycles. The van der Waals surface area contributed by atoms with Gasteiger partial charge in [0.25, 0.3) is 0 Å². The minimum Gasteiger partial charge on any atom is -0.338 e. The van der Waals surface area contributed by atoms with E-state index in [9.17, 15) is 4.79 Å². The monoisotopic (exact) mass is 331 g/mol. The van der Waals surface area contributed by atoms with Crippen LogP contribution in [0.2, 0.25) is 0 Å². The van der Waals surface area contributed by atoms with Crippen LogP contribution in [-0.4, -0.2) is 33.2 Å². The molecular formula is C18H25N3OS. The van der Waals surface area contributed by atoms with Gasteiger partial charge in [-0.3, -0.25) is 9.48 Å².